The SMILES string of the molecule is CCOC(=O)[C@@H](CCC(=N)CCl)N(C)C(=O)OC(C)(C)C. The summed E-state index contributed by atoms with van der Waals surface area (Å²) in [6.07, 6.45) is -0.00165. The van der Waals surface area contributed by atoms with Crippen molar-refractivity contribution in [1.82, 2.24) is 4.90 Å². The van der Waals surface area contributed by atoms with Crippen LogP contribution in [0.3, 0.4) is 0 Å². The molecule has 0 saturated heterocycles. The van der Waals surface area contributed by atoms with Crippen LogP contribution in [0.5, 0.6) is 0 Å². The van der Waals surface area contributed by atoms with Gasteiger partial charge in [0.1, 0.15) is 11.6 Å². The Labute approximate surface area is 131 Å². The van der Waals surface area contributed by atoms with Gasteiger partial charge in [0.15, 0.2) is 0 Å². The second-order valence-electron chi connectivity index (χ2n) is 5.63. The third-order valence-corrected chi connectivity index (χ3v) is 2.91. The van der Waals surface area contributed by atoms with Crippen LogP contribution in [-0.2, 0) is 14.3 Å². The summed E-state index contributed by atoms with van der Waals surface area (Å²) in [6.45, 7) is 7.18. The lowest BCUT2D eigenvalue weighted by atomic mass is 10.1. The van der Waals surface area contributed by atoms with Gasteiger partial charge >= 0.3 is 12.1 Å². The fourth-order valence-electron chi connectivity index (χ4n) is 1.55. The van der Waals surface area contributed by atoms with Crippen LogP contribution in [0.2, 0.25) is 0 Å². The summed E-state index contributed by atoms with van der Waals surface area (Å²) >= 11 is 5.56. The maximum Gasteiger partial charge on any atom is 0.410 e. The van der Waals surface area contributed by atoms with Gasteiger partial charge in [-0.2, -0.15) is 0 Å². The predicted molar refractivity (Wildman–Crippen MR) is 82.1 cm³/mol. The molecule has 0 aliphatic rings. The van der Waals surface area contributed by atoms with E-state index in [0.29, 0.717) is 12.1 Å². The predicted octanol–water partition coefficient (Wildman–Crippen LogP) is 2.82. The largest absolute Gasteiger partial charge is 0.464 e. The van der Waals surface area contributed by atoms with Crippen LogP contribution >= 0.6 is 11.6 Å². The number of ether oxygens (including phenoxy) is 2. The van der Waals surface area contributed by atoms with Gasteiger partial charge in [0.2, 0.25) is 0 Å². The second kappa shape index (κ2) is 8.87. The summed E-state index contributed by atoms with van der Waals surface area (Å²) in [5.41, 5.74) is -0.337. The van der Waals surface area contributed by atoms with E-state index in [9.17, 15) is 9.59 Å². The lowest BCUT2D eigenvalue weighted by Gasteiger charge is -2.29. The molecule has 6 nitrogen and oxygen atoms in total. The van der Waals surface area contributed by atoms with Gasteiger partial charge in [0.25, 0.3) is 0 Å². The van der Waals surface area contributed by atoms with E-state index >= 15 is 0 Å². The van der Waals surface area contributed by atoms with E-state index < -0.39 is 23.7 Å². The van der Waals surface area contributed by atoms with Crippen molar-refractivity contribution in [3.05, 3.63) is 0 Å². The molecule has 0 rings (SSSR count). The van der Waals surface area contributed by atoms with Gasteiger partial charge in [-0.1, -0.05) is 0 Å². The number of amides is 1. The molecule has 1 N–H and O–H groups in total. The van der Waals surface area contributed by atoms with E-state index in [-0.39, 0.29) is 18.9 Å². The zero-order valence-electron chi connectivity index (χ0n) is 13.4. The Bertz CT molecular complexity index is 380. The molecule has 1 amide bonds. The Morgan fingerprint density at radius 2 is 1.90 bits per heavy atom. The smallest absolute Gasteiger partial charge is 0.410 e. The Morgan fingerprint density at radius 3 is 2.33 bits per heavy atom. The Hall–Kier alpha value is -1.30. The molecule has 0 aromatic rings. The molecule has 0 heterocycles. The summed E-state index contributed by atoms with van der Waals surface area (Å²) in [5, 5.41) is 7.55. The molecule has 0 spiro atoms. The number of esters is 1. The molecule has 0 radical (unpaired) electrons. The average molecular weight is 321 g/mol. The van der Waals surface area contributed by atoms with E-state index in [1.54, 1.807) is 27.7 Å². The van der Waals surface area contributed by atoms with Crippen molar-refractivity contribution in [2.75, 3.05) is 19.5 Å². The molecule has 0 unspecified atom stereocenters. The Kier molecular flexibility index (Phi) is 8.32. The first-order valence-corrected chi connectivity index (χ1v) is 7.40. The average Bonchev–Trinajstić information content (AvgIpc) is 2.36. The summed E-state index contributed by atoms with van der Waals surface area (Å²) in [5.74, 6) is -0.403. The van der Waals surface area contributed by atoms with Crippen molar-refractivity contribution in [2.45, 2.75) is 52.2 Å². The van der Waals surface area contributed by atoms with Gasteiger partial charge in [-0.3, -0.25) is 4.90 Å². The third-order valence-electron chi connectivity index (χ3n) is 2.59. The molecule has 7 heteroatoms. The number of nitrogens with one attached hydrogen (secondary N) is 1. The summed E-state index contributed by atoms with van der Waals surface area (Å²) in [7, 11) is 1.49. The van der Waals surface area contributed by atoms with Crippen LogP contribution in [0.1, 0.15) is 40.5 Å². The number of alkyl halides is 1. The van der Waals surface area contributed by atoms with Gasteiger partial charge in [0, 0.05) is 12.8 Å². The van der Waals surface area contributed by atoms with E-state index in [1.165, 1.54) is 11.9 Å². The van der Waals surface area contributed by atoms with Crippen LogP contribution < -0.4 is 0 Å². The van der Waals surface area contributed by atoms with Crippen LogP contribution in [-0.4, -0.2) is 53.9 Å². The third kappa shape index (κ3) is 7.90. The minimum absolute atomic E-state index is 0.103. The minimum atomic E-state index is -0.789. The summed E-state index contributed by atoms with van der Waals surface area (Å²) < 4.78 is 10.2. The van der Waals surface area contributed by atoms with Crippen molar-refractivity contribution in [3.63, 3.8) is 0 Å². The van der Waals surface area contributed by atoms with Crippen molar-refractivity contribution in [1.29, 1.82) is 5.41 Å². The van der Waals surface area contributed by atoms with Gasteiger partial charge < -0.3 is 14.9 Å². The Morgan fingerprint density at radius 1 is 1.33 bits per heavy atom. The number of hydrogen-bond donors (Lipinski definition) is 1. The van der Waals surface area contributed by atoms with Crippen LogP contribution in [0.15, 0.2) is 0 Å². The molecule has 0 saturated carbocycles. The fourth-order valence-corrected chi connectivity index (χ4v) is 1.68. The van der Waals surface area contributed by atoms with E-state index in [2.05, 4.69) is 0 Å². The van der Waals surface area contributed by atoms with Gasteiger partial charge in [0.05, 0.1) is 12.5 Å². The monoisotopic (exact) mass is 320 g/mol. The van der Waals surface area contributed by atoms with Gasteiger partial charge in [-0.05, 0) is 40.5 Å². The minimum Gasteiger partial charge on any atom is -0.464 e. The highest BCUT2D eigenvalue weighted by molar-refractivity contribution is 6.28. The molecular weight excluding hydrogens is 296 g/mol. The maximum atomic E-state index is 12.0. The second-order valence-corrected chi connectivity index (χ2v) is 5.90. The summed E-state index contributed by atoms with van der Waals surface area (Å²) in [4.78, 5) is 25.2. The normalized spacial score (nSPS) is 12.5. The summed E-state index contributed by atoms with van der Waals surface area (Å²) in [6, 6.07) is -0.789. The first kappa shape index (κ1) is 19.7. The molecular formula is C14H25ClN2O4. The highest BCUT2D eigenvalue weighted by Gasteiger charge is 2.31. The van der Waals surface area contributed by atoms with Crippen molar-refractivity contribution in [3.8, 4) is 0 Å². The number of likely N-dealkylation sites (N-methyl/N-ethyl adjacent to an activating group) is 1. The van der Waals surface area contributed by atoms with E-state index in [0.717, 1.165) is 0 Å². The molecule has 122 valence electrons. The number of carbonyl (C=O) groups excluding carboxylic acids is 2. The van der Waals surface area contributed by atoms with E-state index in [1.807, 2.05) is 0 Å². The molecule has 0 bridgehead atoms. The first-order chi connectivity index (χ1) is 9.62. The fraction of sp³-hybridized carbons (Fsp3) is 0.786. The zero-order chi connectivity index (χ0) is 16.6. The number of hydrogen-bond acceptors (Lipinski definition) is 5. The highest BCUT2D eigenvalue weighted by Crippen LogP contribution is 2.14. The number of nitrogens with zero attached hydrogens (tertiary/aromatic N) is 1. The van der Waals surface area contributed by atoms with Crippen molar-refractivity contribution in [2.24, 2.45) is 0 Å². The number of rotatable bonds is 7. The molecule has 21 heavy (non-hydrogen) atoms. The van der Waals surface area contributed by atoms with Crippen LogP contribution in [0.4, 0.5) is 4.79 Å². The molecule has 0 aromatic carbocycles. The lowest BCUT2D eigenvalue weighted by molar-refractivity contribution is -0.149. The quantitative estimate of drug-likeness (QED) is 0.444. The van der Waals surface area contributed by atoms with Crippen molar-refractivity contribution < 1.29 is 19.1 Å². The van der Waals surface area contributed by atoms with Gasteiger partial charge in [-0.25, -0.2) is 9.59 Å². The van der Waals surface area contributed by atoms with Gasteiger partial charge in [-0.15, -0.1) is 11.6 Å². The number of halogens is 1. The van der Waals surface area contributed by atoms with Crippen LogP contribution in [0.25, 0.3) is 0 Å². The maximum absolute atomic E-state index is 12.0. The molecule has 0 aromatic heterocycles. The standard InChI is InChI=1S/C14H25ClN2O4/c1-6-20-12(18)11(8-7-10(16)9-15)17(5)13(19)21-14(2,3)4/h11,16H,6-9H2,1-5H3/t11-/m1/s1. The molecule has 0 fully saturated rings. The number of carbonyl (C=O) groups is 2. The topological polar surface area (TPSA) is 79.7 Å². The first-order valence-electron chi connectivity index (χ1n) is 6.87. The lowest BCUT2D eigenvalue weighted by Crippen LogP contribution is -2.45. The zero-order valence-corrected chi connectivity index (χ0v) is 14.1. The molecule has 1 atom stereocenters. The van der Waals surface area contributed by atoms with E-state index in [4.69, 9.17) is 26.5 Å². The van der Waals surface area contributed by atoms with Crippen LogP contribution in [0, 0.1) is 5.41 Å². The van der Waals surface area contributed by atoms with Crippen molar-refractivity contribution >= 4 is 29.4 Å². The Balaban J connectivity index is 4.88. The highest BCUT2D eigenvalue weighted by atomic mass is 35.5. The molecule has 0 aliphatic heterocycles. The molecule has 0 aliphatic carbocycles.